The summed E-state index contributed by atoms with van der Waals surface area (Å²) in [6, 6.07) is 2.50. The first-order chi connectivity index (χ1) is 10.6. The molecule has 0 aliphatic carbocycles. The van der Waals surface area contributed by atoms with E-state index < -0.39 is 0 Å². The lowest BCUT2D eigenvalue weighted by Crippen LogP contribution is -2.30. The maximum atomic E-state index is 5.93. The van der Waals surface area contributed by atoms with E-state index in [1.54, 1.807) is 6.20 Å². The third-order valence-electron chi connectivity index (χ3n) is 4.17. The third-order valence-corrected chi connectivity index (χ3v) is 4.17. The smallest absolute Gasteiger partial charge is 0.222 e. The molecule has 0 saturated carbocycles. The number of anilines is 2. The van der Waals surface area contributed by atoms with Crippen molar-refractivity contribution >= 4 is 11.8 Å². The normalized spacial score (nSPS) is 18.4. The van der Waals surface area contributed by atoms with Gasteiger partial charge in [0.15, 0.2) is 0 Å². The SMILES string of the molecule is CN[C@@H]1CCN(c2cc(-c3cn[nH]c3C(C)C)nc(N)n2)C1. The van der Waals surface area contributed by atoms with E-state index in [1.807, 2.05) is 13.1 Å². The van der Waals surface area contributed by atoms with E-state index >= 15 is 0 Å². The van der Waals surface area contributed by atoms with Gasteiger partial charge in [0.05, 0.1) is 11.9 Å². The van der Waals surface area contributed by atoms with Crippen molar-refractivity contribution in [3.63, 3.8) is 0 Å². The van der Waals surface area contributed by atoms with Crippen LogP contribution in [0.2, 0.25) is 0 Å². The van der Waals surface area contributed by atoms with Crippen molar-refractivity contribution in [2.45, 2.75) is 32.2 Å². The van der Waals surface area contributed by atoms with E-state index in [0.29, 0.717) is 17.9 Å². The number of rotatable bonds is 4. The van der Waals surface area contributed by atoms with Gasteiger partial charge in [-0.2, -0.15) is 10.1 Å². The highest BCUT2D eigenvalue weighted by Gasteiger charge is 2.23. The highest BCUT2D eigenvalue weighted by atomic mass is 15.2. The zero-order valence-corrected chi connectivity index (χ0v) is 13.3. The van der Waals surface area contributed by atoms with Crippen LogP contribution in [0.25, 0.3) is 11.3 Å². The molecular formula is C15H23N7. The molecule has 1 aliphatic heterocycles. The first-order valence-corrected chi connectivity index (χ1v) is 7.69. The summed E-state index contributed by atoms with van der Waals surface area (Å²) in [4.78, 5) is 11.0. The van der Waals surface area contributed by atoms with Crippen molar-refractivity contribution in [1.29, 1.82) is 0 Å². The van der Waals surface area contributed by atoms with Crippen molar-refractivity contribution in [3.05, 3.63) is 18.0 Å². The van der Waals surface area contributed by atoms with Gasteiger partial charge in [-0.25, -0.2) is 4.98 Å². The summed E-state index contributed by atoms with van der Waals surface area (Å²) in [5, 5.41) is 10.5. The van der Waals surface area contributed by atoms with Gasteiger partial charge in [-0.3, -0.25) is 5.10 Å². The Morgan fingerprint density at radius 3 is 2.91 bits per heavy atom. The zero-order valence-electron chi connectivity index (χ0n) is 13.3. The van der Waals surface area contributed by atoms with Crippen molar-refractivity contribution in [1.82, 2.24) is 25.5 Å². The lowest BCUT2D eigenvalue weighted by Gasteiger charge is -2.18. The maximum Gasteiger partial charge on any atom is 0.222 e. The van der Waals surface area contributed by atoms with Crippen LogP contribution in [-0.2, 0) is 0 Å². The van der Waals surface area contributed by atoms with E-state index in [2.05, 4.69) is 44.2 Å². The Bertz CT molecular complexity index is 649. The highest BCUT2D eigenvalue weighted by molar-refractivity contribution is 5.66. The van der Waals surface area contributed by atoms with Gasteiger partial charge in [0.2, 0.25) is 5.95 Å². The number of aromatic nitrogens is 4. The fourth-order valence-electron chi connectivity index (χ4n) is 2.90. The molecule has 3 heterocycles. The molecular weight excluding hydrogens is 278 g/mol. The number of nitrogens with zero attached hydrogens (tertiary/aromatic N) is 4. The second-order valence-electron chi connectivity index (χ2n) is 6.04. The average molecular weight is 301 g/mol. The van der Waals surface area contributed by atoms with Gasteiger partial charge in [0, 0.05) is 36.5 Å². The molecule has 7 heteroatoms. The first-order valence-electron chi connectivity index (χ1n) is 7.69. The summed E-state index contributed by atoms with van der Waals surface area (Å²) in [5.41, 5.74) is 8.82. The Hall–Kier alpha value is -2.15. The highest BCUT2D eigenvalue weighted by Crippen LogP contribution is 2.29. The molecule has 1 atom stereocenters. The quantitative estimate of drug-likeness (QED) is 0.789. The van der Waals surface area contributed by atoms with Gasteiger partial charge in [0.25, 0.3) is 0 Å². The molecule has 0 unspecified atom stereocenters. The molecule has 2 aromatic rings. The molecule has 0 spiro atoms. The van der Waals surface area contributed by atoms with Gasteiger partial charge < -0.3 is 16.0 Å². The lowest BCUT2D eigenvalue weighted by molar-refractivity contribution is 0.616. The number of nitrogens with two attached hydrogens (primary N) is 1. The molecule has 1 fully saturated rings. The first kappa shape index (κ1) is 14.8. The summed E-state index contributed by atoms with van der Waals surface area (Å²) in [6.07, 6.45) is 2.92. The fourth-order valence-corrected chi connectivity index (χ4v) is 2.90. The summed E-state index contributed by atoms with van der Waals surface area (Å²) in [7, 11) is 1.99. The third kappa shape index (κ3) is 2.76. The van der Waals surface area contributed by atoms with Crippen LogP contribution in [0, 0.1) is 0 Å². The second kappa shape index (κ2) is 5.92. The fraction of sp³-hybridized carbons (Fsp3) is 0.533. The predicted molar refractivity (Wildman–Crippen MR) is 87.8 cm³/mol. The van der Waals surface area contributed by atoms with Gasteiger partial charge in [-0.05, 0) is 19.4 Å². The molecule has 22 heavy (non-hydrogen) atoms. The van der Waals surface area contributed by atoms with Crippen LogP contribution >= 0.6 is 0 Å². The Morgan fingerprint density at radius 1 is 1.41 bits per heavy atom. The van der Waals surface area contributed by atoms with Crippen LogP contribution in [0.15, 0.2) is 12.3 Å². The van der Waals surface area contributed by atoms with E-state index in [0.717, 1.165) is 42.3 Å². The minimum absolute atomic E-state index is 0.302. The zero-order chi connectivity index (χ0) is 15.7. The predicted octanol–water partition coefficient (Wildman–Crippen LogP) is 1.37. The molecule has 3 rings (SSSR count). The second-order valence-corrected chi connectivity index (χ2v) is 6.04. The number of aromatic amines is 1. The average Bonchev–Trinajstić information content (AvgIpc) is 3.15. The van der Waals surface area contributed by atoms with Crippen molar-refractivity contribution in [3.8, 4) is 11.3 Å². The molecule has 0 radical (unpaired) electrons. The molecule has 0 bridgehead atoms. The van der Waals surface area contributed by atoms with Crippen LogP contribution in [0.1, 0.15) is 31.9 Å². The summed E-state index contributed by atoms with van der Waals surface area (Å²) < 4.78 is 0. The van der Waals surface area contributed by atoms with Crippen LogP contribution in [0.4, 0.5) is 11.8 Å². The Morgan fingerprint density at radius 2 is 2.23 bits per heavy atom. The van der Waals surface area contributed by atoms with E-state index in [-0.39, 0.29) is 0 Å². The van der Waals surface area contributed by atoms with Gasteiger partial charge in [0.1, 0.15) is 5.82 Å². The van der Waals surface area contributed by atoms with Gasteiger partial charge in [-0.1, -0.05) is 13.8 Å². The molecule has 1 saturated heterocycles. The minimum Gasteiger partial charge on any atom is -0.368 e. The summed E-state index contributed by atoms with van der Waals surface area (Å²) >= 11 is 0. The summed E-state index contributed by atoms with van der Waals surface area (Å²) in [6.45, 7) is 6.17. The van der Waals surface area contributed by atoms with Gasteiger partial charge in [-0.15, -0.1) is 0 Å². The van der Waals surface area contributed by atoms with Gasteiger partial charge >= 0.3 is 0 Å². The molecule has 118 valence electrons. The van der Waals surface area contributed by atoms with E-state index in [9.17, 15) is 0 Å². The number of nitrogens with one attached hydrogen (secondary N) is 2. The molecule has 2 aromatic heterocycles. The van der Waals surface area contributed by atoms with Crippen LogP contribution in [0.3, 0.4) is 0 Å². The number of nitrogen functional groups attached to an aromatic ring is 1. The van der Waals surface area contributed by atoms with Crippen molar-refractivity contribution in [2.24, 2.45) is 0 Å². The number of hydrogen-bond donors (Lipinski definition) is 3. The molecule has 1 aliphatic rings. The summed E-state index contributed by atoms with van der Waals surface area (Å²) in [5.74, 6) is 1.53. The topological polar surface area (TPSA) is 95.8 Å². The minimum atomic E-state index is 0.302. The number of H-pyrrole nitrogens is 1. The maximum absolute atomic E-state index is 5.93. The van der Waals surface area contributed by atoms with E-state index in [1.165, 1.54) is 0 Å². The largest absolute Gasteiger partial charge is 0.368 e. The van der Waals surface area contributed by atoms with E-state index in [4.69, 9.17) is 5.73 Å². The van der Waals surface area contributed by atoms with Crippen LogP contribution < -0.4 is 16.0 Å². The Balaban J connectivity index is 1.95. The van der Waals surface area contributed by atoms with Crippen LogP contribution in [-0.4, -0.2) is 46.3 Å². The molecule has 0 amide bonds. The lowest BCUT2D eigenvalue weighted by atomic mass is 10.0. The van der Waals surface area contributed by atoms with Crippen molar-refractivity contribution in [2.75, 3.05) is 30.8 Å². The molecule has 0 aromatic carbocycles. The van der Waals surface area contributed by atoms with Crippen molar-refractivity contribution < 1.29 is 0 Å². The molecule has 7 nitrogen and oxygen atoms in total. The standard InChI is InChI=1S/C15H23N7/c1-9(2)14-11(7-18-21-14)12-6-13(20-15(16)19-12)22-5-4-10(8-22)17-3/h6-7,9-10,17H,4-5,8H2,1-3H3,(H,18,21)(H2,16,19,20)/t10-/m1/s1. The van der Waals surface area contributed by atoms with Crippen LogP contribution in [0.5, 0.6) is 0 Å². The Kier molecular flexibility index (Phi) is 3.98. The Labute approximate surface area is 130 Å². The number of hydrogen-bond acceptors (Lipinski definition) is 6. The molecule has 4 N–H and O–H groups in total. The number of likely N-dealkylation sites (N-methyl/N-ethyl adjacent to an activating group) is 1. The monoisotopic (exact) mass is 301 g/mol.